The Labute approximate surface area is 199 Å². The van der Waals surface area contributed by atoms with E-state index in [0.717, 1.165) is 28.9 Å². The van der Waals surface area contributed by atoms with Crippen LogP contribution in [0.5, 0.6) is 5.75 Å². The first-order chi connectivity index (χ1) is 16.3. The third-order valence-corrected chi connectivity index (χ3v) is 6.17. The van der Waals surface area contributed by atoms with E-state index in [1.165, 1.54) is 0 Å². The Morgan fingerprint density at radius 1 is 1.18 bits per heavy atom. The molecule has 3 aromatic rings. The Hall–Kier alpha value is -3.68. The van der Waals surface area contributed by atoms with Crippen LogP contribution in [0.2, 0.25) is 0 Å². The summed E-state index contributed by atoms with van der Waals surface area (Å²) in [6.45, 7) is 8.23. The minimum atomic E-state index is -0.588. The number of carbonyl (C=O) groups is 2. The summed E-state index contributed by atoms with van der Waals surface area (Å²) in [5.74, 6) is 0.0890. The highest BCUT2D eigenvalue weighted by atomic mass is 16.7. The van der Waals surface area contributed by atoms with Crippen molar-refractivity contribution in [2.45, 2.75) is 52.5 Å². The molecule has 2 atom stereocenters. The summed E-state index contributed by atoms with van der Waals surface area (Å²) in [7, 11) is 0. The van der Waals surface area contributed by atoms with Gasteiger partial charge in [-0.25, -0.2) is 0 Å². The van der Waals surface area contributed by atoms with Crippen LogP contribution in [-0.4, -0.2) is 39.4 Å². The fourth-order valence-electron chi connectivity index (χ4n) is 4.42. The van der Waals surface area contributed by atoms with Gasteiger partial charge in [0.05, 0.1) is 5.69 Å². The molecule has 1 aliphatic heterocycles. The zero-order chi connectivity index (χ0) is 24.2. The third kappa shape index (κ3) is 4.95. The quantitative estimate of drug-likeness (QED) is 0.529. The van der Waals surface area contributed by atoms with E-state index in [1.54, 1.807) is 29.3 Å². The summed E-state index contributed by atoms with van der Waals surface area (Å²) < 4.78 is 5.39. The maximum atomic E-state index is 13.4. The zero-order valence-corrected chi connectivity index (χ0v) is 19.9. The third-order valence-electron chi connectivity index (χ3n) is 6.17. The van der Waals surface area contributed by atoms with Gasteiger partial charge in [0.25, 0.3) is 5.91 Å². The predicted molar refractivity (Wildman–Crippen MR) is 127 cm³/mol. The van der Waals surface area contributed by atoms with Crippen molar-refractivity contribution in [3.63, 3.8) is 0 Å². The van der Waals surface area contributed by atoms with Gasteiger partial charge in [-0.1, -0.05) is 37.2 Å². The molecule has 0 bridgehead atoms. The number of hydrogen-bond donors (Lipinski definition) is 1. The maximum Gasteiger partial charge on any atom is 0.275 e. The topological polar surface area (TPSA) is 97.6 Å². The van der Waals surface area contributed by atoms with E-state index in [1.807, 2.05) is 52.0 Å². The number of pyridine rings is 1. The molecule has 0 radical (unpaired) electrons. The first-order valence-electron chi connectivity index (χ1n) is 11.6. The van der Waals surface area contributed by atoms with Gasteiger partial charge < -0.3 is 14.3 Å². The van der Waals surface area contributed by atoms with Crippen molar-refractivity contribution in [3.05, 3.63) is 65.8 Å². The molecule has 2 amide bonds. The lowest BCUT2D eigenvalue weighted by atomic mass is 9.91. The average Bonchev–Trinajstić information content (AvgIpc) is 3.47. The number of amides is 2. The summed E-state index contributed by atoms with van der Waals surface area (Å²) >= 11 is 0. The summed E-state index contributed by atoms with van der Waals surface area (Å²) in [6.07, 6.45) is 3.10. The number of hydrogen-bond acceptors (Lipinski definition) is 6. The number of aromatic nitrogens is 2. The SMILES string of the molecule is Cc1cc(C(C(=O)N2CCCC2C(=O)NOc2ccc(-c3cccnc3C)cc2)C(C)C)on1. The molecule has 1 aromatic carbocycles. The van der Waals surface area contributed by atoms with E-state index in [0.29, 0.717) is 24.5 Å². The van der Waals surface area contributed by atoms with Crippen molar-refractivity contribution in [3.8, 4) is 16.9 Å². The fourth-order valence-corrected chi connectivity index (χ4v) is 4.42. The van der Waals surface area contributed by atoms with Crippen molar-refractivity contribution in [2.24, 2.45) is 5.92 Å². The molecule has 4 rings (SSSR count). The highest BCUT2D eigenvalue weighted by Crippen LogP contribution is 2.31. The maximum absolute atomic E-state index is 13.4. The van der Waals surface area contributed by atoms with E-state index in [4.69, 9.17) is 9.36 Å². The number of aryl methyl sites for hydroxylation is 2. The average molecular weight is 463 g/mol. The second kappa shape index (κ2) is 10.1. The second-order valence-electron chi connectivity index (χ2n) is 9.01. The van der Waals surface area contributed by atoms with Crippen LogP contribution in [0.25, 0.3) is 11.1 Å². The summed E-state index contributed by atoms with van der Waals surface area (Å²) in [4.78, 5) is 37.8. The van der Waals surface area contributed by atoms with E-state index in [-0.39, 0.29) is 17.7 Å². The van der Waals surface area contributed by atoms with Gasteiger partial charge in [-0.3, -0.25) is 14.6 Å². The van der Waals surface area contributed by atoms with Crippen LogP contribution in [0, 0.1) is 19.8 Å². The van der Waals surface area contributed by atoms with Gasteiger partial charge in [0.15, 0.2) is 5.75 Å². The highest BCUT2D eigenvalue weighted by Gasteiger charge is 2.40. The first-order valence-corrected chi connectivity index (χ1v) is 11.6. The Morgan fingerprint density at radius 3 is 2.59 bits per heavy atom. The Bertz CT molecular complexity index is 1160. The lowest BCUT2D eigenvalue weighted by Gasteiger charge is -2.28. The van der Waals surface area contributed by atoms with Crippen molar-refractivity contribution in [2.75, 3.05) is 6.54 Å². The lowest BCUT2D eigenvalue weighted by molar-refractivity contribution is -0.143. The van der Waals surface area contributed by atoms with Crippen LogP contribution >= 0.6 is 0 Å². The number of benzene rings is 1. The van der Waals surface area contributed by atoms with Gasteiger partial charge >= 0.3 is 0 Å². The molecule has 0 saturated carbocycles. The number of nitrogens with zero attached hydrogens (tertiary/aromatic N) is 3. The molecule has 1 N–H and O–H groups in total. The molecule has 1 saturated heterocycles. The van der Waals surface area contributed by atoms with Gasteiger partial charge in [-0.15, -0.1) is 0 Å². The molecule has 2 unspecified atom stereocenters. The molecule has 8 nitrogen and oxygen atoms in total. The molecule has 3 heterocycles. The van der Waals surface area contributed by atoms with Gasteiger partial charge in [0.2, 0.25) is 5.91 Å². The normalized spacial score (nSPS) is 16.5. The zero-order valence-electron chi connectivity index (χ0n) is 19.9. The molecule has 178 valence electrons. The Kier molecular flexibility index (Phi) is 6.95. The van der Waals surface area contributed by atoms with Gasteiger partial charge in [0.1, 0.15) is 17.7 Å². The van der Waals surface area contributed by atoms with Crippen LogP contribution in [0.4, 0.5) is 0 Å². The largest absolute Gasteiger partial charge is 0.379 e. The van der Waals surface area contributed by atoms with Crippen LogP contribution < -0.4 is 10.3 Å². The molecule has 2 aromatic heterocycles. The molecule has 34 heavy (non-hydrogen) atoms. The predicted octanol–water partition coefficient (Wildman–Crippen LogP) is 4.19. The molecule has 0 spiro atoms. The molecule has 1 fully saturated rings. The van der Waals surface area contributed by atoms with Gasteiger partial charge in [-0.2, -0.15) is 5.48 Å². The van der Waals surface area contributed by atoms with Crippen molar-refractivity contribution >= 4 is 11.8 Å². The van der Waals surface area contributed by atoms with E-state index < -0.39 is 12.0 Å². The van der Waals surface area contributed by atoms with E-state index in [2.05, 4.69) is 15.6 Å². The lowest BCUT2D eigenvalue weighted by Crippen LogP contribution is -2.48. The van der Waals surface area contributed by atoms with Crippen LogP contribution in [0.1, 0.15) is 49.8 Å². The van der Waals surface area contributed by atoms with Crippen LogP contribution in [0.15, 0.2) is 53.2 Å². The Morgan fingerprint density at radius 2 is 1.94 bits per heavy atom. The second-order valence-corrected chi connectivity index (χ2v) is 9.01. The van der Waals surface area contributed by atoms with Crippen molar-refractivity contribution in [1.29, 1.82) is 0 Å². The summed E-state index contributed by atoms with van der Waals surface area (Å²) in [5, 5.41) is 3.93. The molecular weight excluding hydrogens is 432 g/mol. The first kappa shape index (κ1) is 23.5. The Balaban J connectivity index is 1.40. The van der Waals surface area contributed by atoms with Crippen molar-refractivity contribution in [1.82, 2.24) is 20.5 Å². The summed E-state index contributed by atoms with van der Waals surface area (Å²) in [5.41, 5.74) is 6.25. The van der Waals surface area contributed by atoms with Crippen LogP contribution in [-0.2, 0) is 9.59 Å². The highest BCUT2D eigenvalue weighted by molar-refractivity contribution is 5.90. The van der Waals surface area contributed by atoms with Gasteiger partial charge in [-0.05, 0) is 56.4 Å². The smallest absolute Gasteiger partial charge is 0.275 e. The number of carbonyl (C=O) groups excluding carboxylic acids is 2. The van der Waals surface area contributed by atoms with Crippen LogP contribution in [0.3, 0.4) is 0 Å². The minimum Gasteiger partial charge on any atom is -0.379 e. The standard InChI is InChI=1S/C26H30N4O4/c1-16(2)24(23-15-17(3)28-34-23)26(32)30-14-6-8-22(30)25(31)29-33-20-11-9-19(10-12-20)21-7-5-13-27-18(21)4/h5,7,9-13,15-16,22,24H,6,8,14H2,1-4H3,(H,29,31). The van der Waals surface area contributed by atoms with E-state index >= 15 is 0 Å². The minimum absolute atomic E-state index is 0.00220. The number of rotatable bonds is 7. The fraction of sp³-hybridized carbons (Fsp3) is 0.385. The number of hydroxylamine groups is 1. The molecule has 8 heteroatoms. The summed E-state index contributed by atoms with van der Waals surface area (Å²) in [6, 6.07) is 12.5. The number of nitrogens with one attached hydrogen (secondary N) is 1. The monoisotopic (exact) mass is 462 g/mol. The van der Waals surface area contributed by atoms with E-state index in [9.17, 15) is 9.59 Å². The molecule has 1 aliphatic rings. The molecule has 0 aliphatic carbocycles. The number of likely N-dealkylation sites (tertiary alicyclic amines) is 1. The molecular formula is C26H30N4O4. The van der Waals surface area contributed by atoms with Gasteiger partial charge in [0, 0.05) is 30.1 Å². The van der Waals surface area contributed by atoms with Crippen molar-refractivity contribution < 1.29 is 18.9 Å².